The molecule has 3 nitrogen and oxygen atoms in total. The molecule has 1 aromatic rings. The first-order chi connectivity index (χ1) is 8.49. The van der Waals surface area contributed by atoms with Crippen LogP contribution in [0.1, 0.15) is 24.0 Å². The molecule has 100 valence electrons. The topological polar surface area (TPSA) is 43.4 Å². The number of benzene rings is 1. The molecule has 18 heavy (non-hydrogen) atoms. The van der Waals surface area contributed by atoms with Crippen molar-refractivity contribution >= 4 is 25.8 Å². The van der Waals surface area contributed by atoms with E-state index in [1.165, 1.54) is 0 Å². The van der Waals surface area contributed by atoms with Crippen LogP contribution in [0.5, 0.6) is 0 Å². The zero-order chi connectivity index (χ0) is 13.2. The smallest absolute Gasteiger partial charge is 0.157 e. The molecule has 1 aliphatic rings. The Hall–Kier alpha value is -0.390. The third kappa shape index (κ3) is 3.33. The SMILES string of the molecule is Cc1ccc(CS(=O)(=O)C2CCOCC2)cc1Br. The van der Waals surface area contributed by atoms with Crippen LogP contribution in [0, 0.1) is 6.92 Å². The van der Waals surface area contributed by atoms with Crippen LogP contribution in [0.2, 0.25) is 0 Å². The average molecular weight is 333 g/mol. The summed E-state index contributed by atoms with van der Waals surface area (Å²) in [5.74, 6) is 0.122. The molecular weight excluding hydrogens is 316 g/mol. The van der Waals surface area contributed by atoms with E-state index < -0.39 is 9.84 Å². The molecule has 5 heteroatoms. The molecule has 0 amide bonds. The lowest BCUT2D eigenvalue weighted by atomic mass is 10.2. The van der Waals surface area contributed by atoms with E-state index in [1.807, 2.05) is 25.1 Å². The minimum atomic E-state index is -3.07. The number of rotatable bonds is 3. The van der Waals surface area contributed by atoms with Crippen LogP contribution in [0.3, 0.4) is 0 Å². The third-order valence-corrected chi connectivity index (χ3v) is 6.36. The number of aryl methyl sites for hydroxylation is 1. The summed E-state index contributed by atoms with van der Waals surface area (Å²) >= 11 is 3.43. The first-order valence-corrected chi connectivity index (χ1v) is 8.54. The number of ether oxygens (including phenoxy) is 1. The molecule has 0 N–H and O–H groups in total. The summed E-state index contributed by atoms with van der Waals surface area (Å²) in [7, 11) is -3.07. The molecule has 0 saturated carbocycles. The van der Waals surface area contributed by atoms with E-state index in [0.717, 1.165) is 15.6 Å². The first kappa shape index (κ1) is 14.0. The lowest BCUT2D eigenvalue weighted by Gasteiger charge is -2.22. The van der Waals surface area contributed by atoms with Gasteiger partial charge in [-0.15, -0.1) is 0 Å². The molecule has 0 aliphatic carbocycles. The maximum atomic E-state index is 12.3. The van der Waals surface area contributed by atoms with Crippen LogP contribution >= 0.6 is 15.9 Å². The van der Waals surface area contributed by atoms with Gasteiger partial charge in [0.05, 0.1) is 11.0 Å². The first-order valence-electron chi connectivity index (χ1n) is 6.03. The Morgan fingerprint density at radius 3 is 2.61 bits per heavy atom. The molecule has 0 aromatic heterocycles. The van der Waals surface area contributed by atoms with Crippen molar-refractivity contribution in [1.82, 2.24) is 0 Å². The normalized spacial score (nSPS) is 17.9. The Morgan fingerprint density at radius 1 is 1.33 bits per heavy atom. The van der Waals surface area contributed by atoms with Crippen molar-refractivity contribution in [2.45, 2.75) is 30.8 Å². The van der Waals surface area contributed by atoms with Crippen molar-refractivity contribution in [1.29, 1.82) is 0 Å². The second kappa shape index (κ2) is 5.72. The highest BCUT2D eigenvalue weighted by atomic mass is 79.9. The molecule has 2 rings (SSSR count). The monoisotopic (exact) mass is 332 g/mol. The predicted molar refractivity (Wildman–Crippen MR) is 75.3 cm³/mol. The van der Waals surface area contributed by atoms with Crippen LogP contribution in [0.15, 0.2) is 22.7 Å². The summed E-state index contributed by atoms with van der Waals surface area (Å²) in [6.45, 7) is 3.10. The van der Waals surface area contributed by atoms with Crippen molar-refractivity contribution in [2.75, 3.05) is 13.2 Å². The van der Waals surface area contributed by atoms with Gasteiger partial charge in [0.15, 0.2) is 9.84 Å². The summed E-state index contributed by atoms with van der Waals surface area (Å²) in [5, 5.41) is -0.244. The molecule has 1 aliphatic heterocycles. The Kier molecular flexibility index (Phi) is 4.45. The van der Waals surface area contributed by atoms with Crippen molar-refractivity contribution in [2.24, 2.45) is 0 Å². The van der Waals surface area contributed by atoms with Crippen molar-refractivity contribution < 1.29 is 13.2 Å². The highest BCUT2D eigenvalue weighted by Crippen LogP contribution is 2.23. The second-order valence-electron chi connectivity index (χ2n) is 4.70. The van der Waals surface area contributed by atoms with Crippen molar-refractivity contribution in [3.05, 3.63) is 33.8 Å². The van der Waals surface area contributed by atoms with E-state index in [4.69, 9.17) is 4.74 Å². The molecule has 0 spiro atoms. The Morgan fingerprint density at radius 2 is 2.00 bits per heavy atom. The highest BCUT2D eigenvalue weighted by Gasteiger charge is 2.27. The quantitative estimate of drug-likeness (QED) is 0.854. The molecule has 0 radical (unpaired) electrons. The van der Waals surface area contributed by atoms with Gasteiger partial charge >= 0.3 is 0 Å². The lowest BCUT2D eigenvalue weighted by Crippen LogP contribution is -2.29. The van der Waals surface area contributed by atoms with Crippen LogP contribution in [0.4, 0.5) is 0 Å². The Labute approximate surface area is 117 Å². The maximum Gasteiger partial charge on any atom is 0.157 e. The fourth-order valence-corrected chi connectivity index (χ4v) is 4.33. The average Bonchev–Trinajstić information content (AvgIpc) is 2.35. The third-order valence-electron chi connectivity index (χ3n) is 3.28. The molecule has 0 unspecified atom stereocenters. The molecule has 0 bridgehead atoms. The Balaban J connectivity index is 2.13. The van der Waals surface area contributed by atoms with Gasteiger partial charge in [0.25, 0.3) is 0 Å². The standard InChI is InChI=1S/C13H17BrO3S/c1-10-2-3-11(8-13(10)14)9-18(15,16)12-4-6-17-7-5-12/h2-3,8,12H,4-7,9H2,1H3. The second-order valence-corrected chi connectivity index (χ2v) is 7.84. The zero-order valence-electron chi connectivity index (χ0n) is 10.4. The van der Waals surface area contributed by atoms with Crippen LogP contribution < -0.4 is 0 Å². The summed E-state index contributed by atoms with van der Waals surface area (Å²) in [4.78, 5) is 0. The number of hydrogen-bond donors (Lipinski definition) is 0. The van der Waals surface area contributed by atoms with Crippen LogP contribution in [-0.4, -0.2) is 26.9 Å². The highest BCUT2D eigenvalue weighted by molar-refractivity contribution is 9.10. The fraction of sp³-hybridized carbons (Fsp3) is 0.538. The van der Waals surface area contributed by atoms with Crippen molar-refractivity contribution in [3.63, 3.8) is 0 Å². The van der Waals surface area contributed by atoms with Crippen molar-refractivity contribution in [3.8, 4) is 0 Å². The minimum absolute atomic E-state index is 0.122. The minimum Gasteiger partial charge on any atom is -0.381 e. The summed E-state index contributed by atoms with van der Waals surface area (Å²) < 4.78 is 30.7. The molecular formula is C13H17BrO3S. The van der Waals surface area contributed by atoms with E-state index in [1.54, 1.807) is 0 Å². The van der Waals surface area contributed by atoms with Gasteiger partial charge in [0.1, 0.15) is 0 Å². The van der Waals surface area contributed by atoms with Gasteiger partial charge in [0.2, 0.25) is 0 Å². The zero-order valence-corrected chi connectivity index (χ0v) is 12.8. The number of hydrogen-bond acceptors (Lipinski definition) is 3. The number of halogens is 1. The van der Waals surface area contributed by atoms with E-state index in [-0.39, 0.29) is 11.0 Å². The van der Waals surface area contributed by atoms with E-state index in [2.05, 4.69) is 15.9 Å². The van der Waals surface area contributed by atoms with Gasteiger partial charge in [-0.2, -0.15) is 0 Å². The van der Waals surface area contributed by atoms with E-state index in [9.17, 15) is 8.42 Å². The van der Waals surface area contributed by atoms with E-state index >= 15 is 0 Å². The van der Waals surface area contributed by atoms with E-state index in [0.29, 0.717) is 26.1 Å². The van der Waals surface area contributed by atoms with Gasteiger partial charge in [-0.25, -0.2) is 8.42 Å². The number of sulfone groups is 1. The molecule has 1 heterocycles. The van der Waals surface area contributed by atoms with Crippen LogP contribution in [0.25, 0.3) is 0 Å². The molecule has 1 fully saturated rings. The van der Waals surface area contributed by atoms with Gasteiger partial charge in [-0.3, -0.25) is 0 Å². The summed E-state index contributed by atoms with van der Waals surface area (Å²) in [5.41, 5.74) is 1.96. The largest absolute Gasteiger partial charge is 0.381 e. The molecule has 0 atom stereocenters. The molecule has 1 saturated heterocycles. The maximum absolute atomic E-state index is 12.3. The summed E-state index contributed by atoms with van der Waals surface area (Å²) in [6.07, 6.45) is 1.24. The van der Waals surface area contributed by atoms with Gasteiger partial charge in [0, 0.05) is 17.7 Å². The fourth-order valence-electron chi connectivity index (χ4n) is 2.11. The predicted octanol–water partition coefficient (Wildman–Crippen LogP) is 2.85. The summed E-state index contributed by atoms with van der Waals surface area (Å²) in [6, 6.07) is 5.72. The molecule has 1 aromatic carbocycles. The van der Waals surface area contributed by atoms with Gasteiger partial charge in [-0.05, 0) is 37.0 Å². The van der Waals surface area contributed by atoms with Gasteiger partial charge < -0.3 is 4.74 Å². The van der Waals surface area contributed by atoms with Crippen LogP contribution in [-0.2, 0) is 20.3 Å². The lowest BCUT2D eigenvalue weighted by molar-refractivity contribution is 0.0983. The Bertz CT molecular complexity index is 519. The van der Waals surface area contributed by atoms with Gasteiger partial charge in [-0.1, -0.05) is 28.1 Å².